The SMILES string of the molecule is CCC(C)c1cc(C(N)=O)c(C)n1CCOC. The molecule has 1 aromatic heterocycles. The minimum Gasteiger partial charge on any atom is -0.383 e. The molecule has 1 rings (SSSR count). The number of hydrogen-bond acceptors (Lipinski definition) is 2. The van der Waals surface area contributed by atoms with Crippen LogP contribution >= 0.6 is 0 Å². The Morgan fingerprint density at radius 2 is 2.24 bits per heavy atom. The fourth-order valence-electron chi connectivity index (χ4n) is 2.02. The number of primary amides is 1. The van der Waals surface area contributed by atoms with Gasteiger partial charge in [-0.15, -0.1) is 0 Å². The van der Waals surface area contributed by atoms with Gasteiger partial charge in [0.1, 0.15) is 0 Å². The van der Waals surface area contributed by atoms with Crippen molar-refractivity contribution < 1.29 is 9.53 Å². The Morgan fingerprint density at radius 3 is 2.71 bits per heavy atom. The van der Waals surface area contributed by atoms with E-state index in [-0.39, 0.29) is 5.91 Å². The molecule has 1 amide bonds. The van der Waals surface area contributed by atoms with Crippen LogP contribution in [0.15, 0.2) is 6.07 Å². The maximum atomic E-state index is 11.3. The van der Waals surface area contributed by atoms with Gasteiger partial charge in [0, 0.05) is 25.0 Å². The molecule has 0 aliphatic carbocycles. The molecule has 0 fully saturated rings. The van der Waals surface area contributed by atoms with Crippen LogP contribution in [-0.4, -0.2) is 24.2 Å². The molecule has 96 valence electrons. The first kappa shape index (κ1) is 13.8. The molecule has 1 unspecified atom stereocenters. The van der Waals surface area contributed by atoms with Crippen LogP contribution in [-0.2, 0) is 11.3 Å². The average Bonchev–Trinajstić information content (AvgIpc) is 2.63. The lowest BCUT2D eigenvalue weighted by atomic mass is 10.0. The zero-order valence-electron chi connectivity index (χ0n) is 11.1. The van der Waals surface area contributed by atoms with E-state index in [1.807, 2.05) is 13.0 Å². The smallest absolute Gasteiger partial charge is 0.250 e. The zero-order valence-corrected chi connectivity index (χ0v) is 11.1. The third kappa shape index (κ3) is 2.88. The molecule has 0 aromatic carbocycles. The van der Waals surface area contributed by atoms with Gasteiger partial charge < -0.3 is 15.0 Å². The number of aromatic nitrogens is 1. The topological polar surface area (TPSA) is 57.2 Å². The second-order valence-electron chi connectivity index (χ2n) is 4.39. The quantitative estimate of drug-likeness (QED) is 0.824. The maximum absolute atomic E-state index is 11.3. The largest absolute Gasteiger partial charge is 0.383 e. The molecule has 17 heavy (non-hydrogen) atoms. The molecule has 0 aliphatic rings. The summed E-state index contributed by atoms with van der Waals surface area (Å²) in [7, 11) is 1.68. The average molecular weight is 238 g/mol. The normalized spacial score (nSPS) is 12.7. The Kier molecular flexibility index (Phi) is 4.75. The van der Waals surface area contributed by atoms with Gasteiger partial charge in [0.05, 0.1) is 12.2 Å². The highest BCUT2D eigenvalue weighted by atomic mass is 16.5. The zero-order chi connectivity index (χ0) is 13.0. The summed E-state index contributed by atoms with van der Waals surface area (Å²) in [4.78, 5) is 11.3. The lowest BCUT2D eigenvalue weighted by Crippen LogP contribution is -2.14. The van der Waals surface area contributed by atoms with E-state index in [1.54, 1.807) is 7.11 Å². The fourth-order valence-corrected chi connectivity index (χ4v) is 2.02. The molecule has 1 atom stereocenters. The van der Waals surface area contributed by atoms with Crippen LogP contribution in [0.5, 0.6) is 0 Å². The van der Waals surface area contributed by atoms with E-state index in [2.05, 4.69) is 18.4 Å². The third-order valence-corrected chi connectivity index (χ3v) is 3.30. The Bertz CT molecular complexity index is 396. The van der Waals surface area contributed by atoms with Gasteiger partial charge in [-0.2, -0.15) is 0 Å². The Labute approximate surface area is 103 Å². The first-order valence-electron chi connectivity index (χ1n) is 6.01. The van der Waals surface area contributed by atoms with Crippen molar-refractivity contribution in [1.29, 1.82) is 0 Å². The minimum absolute atomic E-state index is 0.358. The molecule has 0 radical (unpaired) electrons. The number of rotatable bonds is 6. The van der Waals surface area contributed by atoms with Crippen molar-refractivity contribution >= 4 is 5.91 Å². The van der Waals surface area contributed by atoms with E-state index in [1.165, 1.54) is 0 Å². The molecule has 0 saturated heterocycles. The van der Waals surface area contributed by atoms with E-state index in [0.717, 1.165) is 24.4 Å². The Hall–Kier alpha value is -1.29. The summed E-state index contributed by atoms with van der Waals surface area (Å²) in [6, 6.07) is 1.92. The van der Waals surface area contributed by atoms with Crippen molar-refractivity contribution in [2.45, 2.75) is 39.7 Å². The van der Waals surface area contributed by atoms with E-state index in [9.17, 15) is 4.79 Å². The summed E-state index contributed by atoms with van der Waals surface area (Å²) in [6.07, 6.45) is 1.04. The standard InChI is InChI=1S/C13H22N2O2/c1-5-9(2)12-8-11(13(14)16)10(3)15(12)6-7-17-4/h8-9H,5-7H2,1-4H3,(H2,14,16). The second-order valence-corrected chi connectivity index (χ2v) is 4.39. The van der Waals surface area contributed by atoms with Crippen LogP contribution in [0.4, 0.5) is 0 Å². The summed E-state index contributed by atoms with van der Waals surface area (Å²) >= 11 is 0. The van der Waals surface area contributed by atoms with Crippen molar-refractivity contribution in [2.24, 2.45) is 5.73 Å². The predicted molar refractivity (Wildman–Crippen MR) is 68.3 cm³/mol. The van der Waals surface area contributed by atoms with Crippen molar-refractivity contribution in [3.63, 3.8) is 0 Å². The minimum atomic E-state index is -0.358. The van der Waals surface area contributed by atoms with Crippen LogP contribution in [0, 0.1) is 6.92 Å². The summed E-state index contributed by atoms with van der Waals surface area (Å²) in [5.74, 6) is 0.0573. The van der Waals surface area contributed by atoms with Gasteiger partial charge in [0.25, 0.3) is 5.91 Å². The number of methoxy groups -OCH3 is 1. The summed E-state index contributed by atoms with van der Waals surface area (Å²) in [5.41, 5.74) is 8.10. The number of ether oxygens (including phenoxy) is 1. The molecule has 0 bridgehead atoms. The molecule has 0 saturated carbocycles. The fraction of sp³-hybridized carbons (Fsp3) is 0.615. The maximum Gasteiger partial charge on any atom is 0.250 e. The highest BCUT2D eigenvalue weighted by Crippen LogP contribution is 2.24. The summed E-state index contributed by atoms with van der Waals surface area (Å²) < 4.78 is 7.24. The van der Waals surface area contributed by atoms with Crippen molar-refractivity contribution in [2.75, 3.05) is 13.7 Å². The first-order chi connectivity index (χ1) is 8.02. The summed E-state index contributed by atoms with van der Waals surface area (Å²) in [5, 5.41) is 0. The number of carbonyl (C=O) groups excluding carboxylic acids is 1. The number of nitrogens with zero attached hydrogens (tertiary/aromatic N) is 1. The van der Waals surface area contributed by atoms with Crippen molar-refractivity contribution in [1.82, 2.24) is 4.57 Å². The molecular weight excluding hydrogens is 216 g/mol. The molecule has 0 spiro atoms. The highest BCUT2D eigenvalue weighted by molar-refractivity contribution is 5.94. The van der Waals surface area contributed by atoms with Crippen LogP contribution in [0.3, 0.4) is 0 Å². The van der Waals surface area contributed by atoms with Gasteiger partial charge >= 0.3 is 0 Å². The number of carbonyl (C=O) groups is 1. The van der Waals surface area contributed by atoms with Crippen molar-refractivity contribution in [3.8, 4) is 0 Å². The molecule has 1 heterocycles. The van der Waals surface area contributed by atoms with Crippen molar-refractivity contribution in [3.05, 3.63) is 23.0 Å². The second kappa shape index (κ2) is 5.87. The first-order valence-corrected chi connectivity index (χ1v) is 6.01. The van der Waals surface area contributed by atoms with Crippen LogP contribution in [0.25, 0.3) is 0 Å². The van der Waals surface area contributed by atoms with E-state index in [0.29, 0.717) is 18.1 Å². The van der Waals surface area contributed by atoms with Gasteiger partial charge in [-0.1, -0.05) is 13.8 Å². The van der Waals surface area contributed by atoms with Crippen LogP contribution in [0.2, 0.25) is 0 Å². The predicted octanol–water partition coefficient (Wildman–Crippen LogP) is 2.06. The monoisotopic (exact) mass is 238 g/mol. The Balaban J connectivity index is 3.16. The van der Waals surface area contributed by atoms with Gasteiger partial charge in [-0.25, -0.2) is 0 Å². The molecule has 1 aromatic rings. The van der Waals surface area contributed by atoms with Crippen LogP contribution in [0.1, 0.15) is 47.9 Å². The van der Waals surface area contributed by atoms with Crippen LogP contribution < -0.4 is 5.73 Å². The van der Waals surface area contributed by atoms with Gasteiger partial charge in [0.15, 0.2) is 0 Å². The Morgan fingerprint density at radius 1 is 1.59 bits per heavy atom. The molecule has 4 heteroatoms. The molecule has 0 aliphatic heterocycles. The van der Waals surface area contributed by atoms with Gasteiger partial charge in [0.2, 0.25) is 0 Å². The highest BCUT2D eigenvalue weighted by Gasteiger charge is 2.18. The molecule has 4 nitrogen and oxygen atoms in total. The third-order valence-electron chi connectivity index (χ3n) is 3.30. The van der Waals surface area contributed by atoms with Gasteiger partial charge in [-0.05, 0) is 25.3 Å². The van der Waals surface area contributed by atoms with E-state index >= 15 is 0 Å². The lowest BCUT2D eigenvalue weighted by molar-refractivity contribution is 0.0999. The number of amides is 1. The number of nitrogens with two attached hydrogens (primary N) is 1. The van der Waals surface area contributed by atoms with E-state index in [4.69, 9.17) is 10.5 Å². The van der Waals surface area contributed by atoms with E-state index < -0.39 is 0 Å². The molecule has 2 N–H and O–H groups in total. The lowest BCUT2D eigenvalue weighted by Gasteiger charge is -2.15. The molecular formula is C13H22N2O2. The summed E-state index contributed by atoms with van der Waals surface area (Å²) in [6.45, 7) is 7.62. The number of hydrogen-bond donors (Lipinski definition) is 1. The van der Waals surface area contributed by atoms with Gasteiger partial charge in [-0.3, -0.25) is 4.79 Å².